The number of fused-ring (bicyclic) bond motifs is 1. The van der Waals surface area contributed by atoms with Gasteiger partial charge in [-0.1, -0.05) is 17.7 Å². The second-order valence-electron chi connectivity index (χ2n) is 4.57. The van der Waals surface area contributed by atoms with Crippen LogP contribution in [0.25, 0.3) is 21.6 Å². The third-order valence-electron chi connectivity index (χ3n) is 3.06. The van der Waals surface area contributed by atoms with Gasteiger partial charge in [0.15, 0.2) is 5.82 Å². The summed E-state index contributed by atoms with van der Waals surface area (Å²) >= 11 is 7.65. The molecule has 6 heteroatoms. The highest BCUT2D eigenvalue weighted by atomic mass is 35.5. The van der Waals surface area contributed by atoms with Crippen LogP contribution in [0, 0.1) is 26.6 Å². The van der Waals surface area contributed by atoms with E-state index >= 15 is 0 Å². The number of benzene rings is 1. The minimum absolute atomic E-state index is 0.136. The SMILES string of the molecule is Cc1nc(C)c(-c2nc(Cl)c3c(F)ccc(C)c3n2)s1. The number of hydrogen-bond donors (Lipinski definition) is 0. The second-order valence-corrected chi connectivity index (χ2v) is 6.13. The molecule has 0 N–H and O–H groups in total. The fourth-order valence-corrected chi connectivity index (χ4v) is 3.24. The van der Waals surface area contributed by atoms with E-state index < -0.39 is 5.82 Å². The summed E-state index contributed by atoms with van der Waals surface area (Å²) in [6, 6.07) is 3.07. The van der Waals surface area contributed by atoms with Gasteiger partial charge in [0.05, 0.1) is 26.5 Å². The highest BCUT2D eigenvalue weighted by molar-refractivity contribution is 7.15. The molecule has 20 heavy (non-hydrogen) atoms. The van der Waals surface area contributed by atoms with Crippen LogP contribution >= 0.6 is 22.9 Å². The minimum atomic E-state index is -0.403. The molecule has 0 aliphatic heterocycles. The molecule has 0 fully saturated rings. The Kier molecular flexibility index (Phi) is 3.18. The van der Waals surface area contributed by atoms with Crippen molar-refractivity contribution in [3.63, 3.8) is 0 Å². The molecule has 0 radical (unpaired) electrons. The van der Waals surface area contributed by atoms with Crippen molar-refractivity contribution >= 4 is 33.8 Å². The lowest BCUT2D eigenvalue weighted by Gasteiger charge is -2.06. The van der Waals surface area contributed by atoms with Crippen molar-refractivity contribution in [2.24, 2.45) is 0 Å². The number of halogens is 2. The smallest absolute Gasteiger partial charge is 0.173 e. The van der Waals surface area contributed by atoms with E-state index in [2.05, 4.69) is 15.0 Å². The monoisotopic (exact) mass is 307 g/mol. The first kappa shape index (κ1) is 13.4. The van der Waals surface area contributed by atoms with Crippen LogP contribution in [0.15, 0.2) is 12.1 Å². The van der Waals surface area contributed by atoms with E-state index in [-0.39, 0.29) is 10.5 Å². The van der Waals surface area contributed by atoms with Crippen molar-refractivity contribution in [2.45, 2.75) is 20.8 Å². The summed E-state index contributed by atoms with van der Waals surface area (Å²) in [5, 5.41) is 1.35. The van der Waals surface area contributed by atoms with Gasteiger partial charge in [0.1, 0.15) is 11.0 Å². The number of aryl methyl sites for hydroxylation is 3. The molecular weight excluding hydrogens is 297 g/mol. The molecule has 0 saturated heterocycles. The topological polar surface area (TPSA) is 38.7 Å². The predicted octanol–water partition coefficient (Wildman–Crippen LogP) is 4.47. The van der Waals surface area contributed by atoms with Gasteiger partial charge < -0.3 is 0 Å². The highest BCUT2D eigenvalue weighted by Crippen LogP contribution is 2.32. The van der Waals surface area contributed by atoms with Gasteiger partial charge in [-0.15, -0.1) is 11.3 Å². The number of rotatable bonds is 1. The average molecular weight is 308 g/mol. The highest BCUT2D eigenvalue weighted by Gasteiger charge is 2.16. The summed E-state index contributed by atoms with van der Waals surface area (Å²) in [7, 11) is 0. The third-order valence-corrected chi connectivity index (χ3v) is 4.41. The van der Waals surface area contributed by atoms with Crippen LogP contribution < -0.4 is 0 Å². The second kappa shape index (κ2) is 4.75. The van der Waals surface area contributed by atoms with E-state index in [1.54, 1.807) is 6.07 Å². The molecule has 0 saturated carbocycles. The molecular formula is C14H11ClFN3S. The van der Waals surface area contributed by atoms with Crippen molar-refractivity contribution in [1.82, 2.24) is 15.0 Å². The Morgan fingerprint density at radius 1 is 1.10 bits per heavy atom. The van der Waals surface area contributed by atoms with Crippen LogP contribution in [0.4, 0.5) is 4.39 Å². The maximum atomic E-state index is 13.9. The first-order valence-corrected chi connectivity index (χ1v) is 7.23. The summed E-state index contributed by atoms with van der Waals surface area (Å²) in [5.41, 5.74) is 2.27. The molecule has 0 aliphatic rings. The van der Waals surface area contributed by atoms with E-state index in [9.17, 15) is 4.39 Å². The molecule has 3 nitrogen and oxygen atoms in total. The molecule has 0 bridgehead atoms. The van der Waals surface area contributed by atoms with Crippen LogP contribution in [0.3, 0.4) is 0 Å². The molecule has 0 amide bonds. The van der Waals surface area contributed by atoms with Crippen molar-refractivity contribution in [1.29, 1.82) is 0 Å². The van der Waals surface area contributed by atoms with Gasteiger partial charge in [0.2, 0.25) is 0 Å². The van der Waals surface area contributed by atoms with Gasteiger partial charge in [-0.2, -0.15) is 0 Å². The fraction of sp³-hybridized carbons (Fsp3) is 0.214. The zero-order valence-corrected chi connectivity index (χ0v) is 12.7. The van der Waals surface area contributed by atoms with Crippen LogP contribution in [-0.4, -0.2) is 15.0 Å². The van der Waals surface area contributed by atoms with Crippen molar-refractivity contribution in [2.75, 3.05) is 0 Å². The Bertz CT molecular complexity index is 829. The summed E-state index contributed by atoms with van der Waals surface area (Å²) in [4.78, 5) is 13.9. The van der Waals surface area contributed by atoms with E-state index in [0.717, 1.165) is 21.1 Å². The standard InChI is InChI=1S/C14H11ClFN3S/c1-6-4-5-9(16)10-11(6)18-14(19-13(10)15)12-7(2)17-8(3)20-12/h4-5H,1-3H3. The van der Waals surface area contributed by atoms with Crippen molar-refractivity contribution in [3.8, 4) is 10.7 Å². The number of hydrogen-bond acceptors (Lipinski definition) is 4. The summed E-state index contributed by atoms with van der Waals surface area (Å²) in [5.74, 6) is 0.0960. The van der Waals surface area contributed by atoms with Gasteiger partial charge in [-0.05, 0) is 32.4 Å². The van der Waals surface area contributed by atoms with E-state index in [0.29, 0.717) is 11.3 Å². The molecule has 0 atom stereocenters. The fourth-order valence-electron chi connectivity index (χ4n) is 2.13. The lowest BCUT2D eigenvalue weighted by molar-refractivity contribution is 0.639. The Labute approximate surface area is 124 Å². The summed E-state index contributed by atoms with van der Waals surface area (Å²) < 4.78 is 13.9. The van der Waals surface area contributed by atoms with Crippen LogP contribution in [0.5, 0.6) is 0 Å². The zero-order valence-electron chi connectivity index (χ0n) is 11.2. The first-order chi connectivity index (χ1) is 9.47. The summed E-state index contributed by atoms with van der Waals surface area (Å²) in [6.45, 7) is 5.70. The van der Waals surface area contributed by atoms with Gasteiger partial charge in [-0.25, -0.2) is 19.3 Å². The molecule has 0 spiro atoms. The van der Waals surface area contributed by atoms with Crippen LogP contribution in [0.1, 0.15) is 16.3 Å². The predicted molar refractivity (Wildman–Crippen MR) is 79.8 cm³/mol. The van der Waals surface area contributed by atoms with E-state index in [1.165, 1.54) is 17.4 Å². The van der Waals surface area contributed by atoms with Gasteiger partial charge >= 0.3 is 0 Å². The van der Waals surface area contributed by atoms with Crippen molar-refractivity contribution < 1.29 is 4.39 Å². The van der Waals surface area contributed by atoms with Crippen LogP contribution in [-0.2, 0) is 0 Å². The Hall–Kier alpha value is -1.59. The van der Waals surface area contributed by atoms with Crippen molar-refractivity contribution in [3.05, 3.63) is 39.4 Å². The molecule has 0 aliphatic carbocycles. The molecule has 1 aromatic carbocycles. The van der Waals surface area contributed by atoms with Crippen LogP contribution in [0.2, 0.25) is 5.15 Å². The lowest BCUT2D eigenvalue weighted by atomic mass is 10.1. The lowest BCUT2D eigenvalue weighted by Crippen LogP contribution is -1.95. The number of aromatic nitrogens is 3. The molecule has 2 heterocycles. The largest absolute Gasteiger partial charge is 0.246 e. The normalized spacial score (nSPS) is 11.2. The van der Waals surface area contributed by atoms with E-state index in [4.69, 9.17) is 11.6 Å². The molecule has 102 valence electrons. The Morgan fingerprint density at radius 3 is 2.50 bits per heavy atom. The Morgan fingerprint density at radius 2 is 1.85 bits per heavy atom. The molecule has 0 unspecified atom stereocenters. The molecule has 2 aromatic heterocycles. The number of thiazole rings is 1. The van der Waals surface area contributed by atoms with Gasteiger partial charge in [-0.3, -0.25) is 0 Å². The van der Waals surface area contributed by atoms with Gasteiger partial charge in [0, 0.05) is 0 Å². The summed E-state index contributed by atoms with van der Waals surface area (Å²) in [6.07, 6.45) is 0. The zero-order chi connectivity index (χ0) is 14.4. The van der Waals surface area contributed by atoms with Gasteiger partial charge in [0.25, 0.3) is 0 Å². The molecule has 3 rings (SSSR count). The quantitative estimate of drug-likeness (QED) is 0.623. The maximum Gasteiger partial charge on any atom is 0.173 e. The minimum Gasteiger partial charge on any atom is -0.246 e. The first-order valence-electron chi connectivity index (χ1n) is 6.04. The maximum absolute atomic E-state index is 13.9. The number of nitrogens with zero attached hydrogens (tertiary/aromatic N) is 3. The molecule has 3 aromatic rings. The average Bonchev–Trinajstić information content (AvgIpc) is 2.72. The Balaban J connectivity index is 2.35. The third kappa shape index (κ3) is 2.07. The van der Waals surface area contributed by atoms with E-state index in [1.807, 2.05) is 20.8 Å².